The smallest absolute Gasteiger partial charge is 0.337 e. The molecule has 0 spiro atoms. The SMILES string of the molecule is Cc1cc(F)c(Nc2ccc(C(=O)O)cn2)cc1F. The summed E-state index contributed by atoms with van der Waals surface area (Å²) in [6, 6.07) is 4.79. The number of nitrogens with one attached hydrogen (secondary N) is 1. The number of carboxylic acid groups (broad SMARTS) is 1. The number of hydrogen-bond donors (Lipinski definition) is 2. The van der Waals surface area contributed by atoms with Crippen molar-refractivity contribution in [2.45, 2.75) is 6.92 Å². The number of nitrogens with zero attached hydrogens (tertiary/aromatic N) is 1. The molecular weight excluding hydrogens is 254 g/mol. The van der Waals surface area contributed by atoms with E-state index in [4.69, 9.17) is 5.11 Å². The van der Waals surface area contributed by atoms with E-state index < -0.39 is 17.6 Å². The lowest BCUT2D eigenvalue weighted by Crippen LogP contribution is -2.01. The second kappa shape index (κ2) is 5.01. The number of aryl methyl sites for hydroxylation is 1. The number of aromatic carboxylic acids is 1. The van der Waals surface area contributed by atoms with Gasteiger partial charge in [0.1, 0.15) is 17.5 Å². The van der Waals surface area contributed by atoms with E-state index in [1.54, 1.807) is 0 Å². The summed E-state index contributed by atoms with van der Waals surface area (Å²) in [4.78, 5) is 14.4. The number of anilines is 2. The summed E-state index contributed by atoms with van der Waals surface area (Å²) in [5.74, 6) is -2.02. The zero-order valence-corrected chi connectivity index (χ0v) is 9.95. The van der Waals surface area contributed by atoms with Gasteiger partial charge in [-0.3, -0.25) is 0 Å². The molecule has 1 aromatic heterocycles. The van der Waals surface area contributed by atoms with Gasteiger partial charge in [0.25, 0.3) is 0 Å². The second-order valence-corrected chi connectivity index (χ2v) is 3.94. The van der Waals surface area contributed by atoms with Gasteiger partial charge >= 0.3 is 5.97 Å². The molecule has 0 unspecified atom stereocenters. The van der Waals surface area contributed by atoms with Gasteiger partial charge in [0, 0.05) is 12.3 Å². The second-order valence-electron chi connectivity index (χ2n) is 3.94. The first-order valence-electron chi connectivity index (χ1n) is 5.39. The fraction of sp³-hybridized carbons (Fsp3) is 0.0769. The average Bonchev–Trinajstić information content (AvgIpc) is 2.36. The Labute approximate surface area is 107 Å². The molecule has 2 aromatic rings. The minimum atomic E-state index is -1.10. The fourth-order valence-corrected chi connectivity index (χ4v) is 1.47. The van der Waals surface area contributed by atoms with Crippen LogP contribution in [0.15, 0.2) is 30.5 Å². The topological polar surface area (TPSA) is 62.2 Å². The van der Waals surface area contributed by atoms with Crippen molar-refractivity contribution >= 4 is 17.5 Å². The van der Waals surface area contributed by atoms with Crippen molar-refractivity contribution < 1.29 is 18.7 Å². The Morgan fingerprint density at radius 1 is 1.26 bits per heavy atom. The highest BCUT2D eigenvalue weighted by atomic mass is 19.1. The molecular formula is C13H10F2N2O2. The maximum Gasteiger partial charge on any atom is 0.337 e. The lowest BCUT2D eigenvalue weighted by molar-refractivity contribution is 0.0696. The van der Waals surface area contributed by atoms with Gasteiger partial charge < -0.3 is 10.4 Å². The molecule has 1 heterocycles. The number of pyridine rings is 1. The van der Waals surface area contributed by atoms with Crippen molar-refractivity contribution in [1.29, 1.82) is 0 Å². The lowest BCUT2D eigenvalue weighted by Gasteiger charge is -2.08. The predicted octanol–water partition coefficient (Wildman–Crippen LogP) is 3.11. The van der Waals surface area contributed by atoms with Crippen LogP contribution in [0.2, 0.25) is 0 Å². The van der Waals surface area contributed by atoms with Gasteiger partial charge in [0.05, 0.1) is 11.3 Å². The summed E-state index contributed by atoms with van der Waals surface area (Å²) in [7, 11) is 0. The number of halogens is 2. The highest BCUT2D eigenvalue weighted by molar-refractivity contribution is 5.87. The van der Waals surface area contributed by atoms with Crippen molar-refractivity contribution in [2.24, 2.45) is 0 Å². The van der Waals surface area contributed by atoms with Crippen LogP contribution in [0.5, 0.6) is 0 Å². The molecule has 0 aliphatic rings. The van der Waals surface area contributed by atoms with Gasteiger partial charge in [0.15, 0.2) is 0 Å². The Kier molecular flexibility index (Phi) is 3.41. The molecule has 1 aromatic carbocycles. The molecule has 0 bridgehead atoms. The van der Waals surface area contributed by atoms with Crippen LogP contribution in [0, 0.1) is 18.6 Å². The molecule has 98 valence electrons. The molecule has 0 aliphatic carbocycles. The van der Waals surface area contributed by atoms with Gasteiger partial charge in [-0.05, 0) is 30.7 Å². The summed E-state index contributed by atoms with van der Waals surface area (Å²) in [6.45, 7) is 1.46. The summed E-state index contributed by atoms with van der Waals surface area (Å²) >= 11 is 0. The van der Waals surface area contributed by atoms with Gasteiger partial charge in [-0.2, -0.15) is 0 Å². The van der Waals surface area contributed by atoms with E-state index in [-0.39, 0.29) is 22.6 Å². The van der Waals surface area contributed by atoms with Crippen molar-refractivity contribution in [3.8, 4) is 0 Å². The quantitative estimate of drug-likeness (QED) is 0.894. The van der Waals surface area contributed by atoms with Gasteiger partial charge in [-0.1, -0.05) is 0 Å². The van der Waals surface area contributed by atoms with E-state index in [1.165, 1.54) is 19.1 Å². The van der Waals surface area contributed by atoms with E-state index in [2.05, 4.69) is 10.3 Å². The van der Waals surface area contributed by atoms with Gasteiger partial charge in [0.2, 0.25) is 0 Å². The van der Waals surface area contributed by atoms with Gasteiger partial charge in [-0.15, -0.1) is 0 Å². The maximum atomic E-state index is 13.6. The average molecular weight is 264 g/mol. The van der Waals surface area contributed by atoms with Crippen molar-refractivity contribution in [1.82, 2.24) is 4.98 Å². The van der Waals surface area contributed by atoms with Crippen LogP contribution < -0.4 is 5.32 Å². The minimum absolute atomic E-state index is 0.0149. The molecule has 0 fully saturated rings. The number of rotatable bonds is 3. The number of carboxylic acids is 1. The molecule has 6 heteroatoms. The van der Waals surface area contributed by atoms with Gasteiger partial charge in [-0.25, -0.2) is 18.6 Å². The van der Waals surface area contributed by atoms with E-state index in [9.17, 15) is 13.6 Å². The zero-order chi connectivity index (χ0) is 14.0. The monoisotopic (exact) mass is 264 g/mol. The molecule has 0 atom stereocenters. The lowest BCUT2D eigenvalue weighted by atomic mass is 10.2. The fourth-order valence-electron chi connectivity index (χ4n) is 1.47. The Balaban J connectivity index is 2.26. The first-order valence-corrected chi connectivity index (χ1v) is 5.39. The van der Waals surface area contributed by atoms with Crippen LogP contribution in [0.1, 0.15) is 15.9 Å². The number of benzene rings is 1. The molecule has 0 radical (unpaired) electrons. The maximum absolute atomic E-state index is 13.6. The first kappa shape index (κ1) is 12.9. The van der Waals surface area contributed by atoms with Crippen molar-refractivity contribution in [3.63, 3.8) is 0 Å². The zero-order valence-electron chi connectivity index (χ0n) is 9.95. The minimum Gasteiger partial charge on any atom is -0.478 e. The summed E-state index contributed by atoms with van der Waals surface area (Å²) in [6.07, 6.45) is 1.13. The van der Waals surface area contributed by atoms with Crippen LogP contribution in [0.3, 0.4) is 0 Å². The molecule has 2 rings (SSSR count). The third-order valence-corrected chi connectivity index (χ3v) is 2.52. The van der Waals surface area contributed by atoms with E-state index >= 15 is 0 Å². The van der Waals surface area contributed by atoms with Crippen molar-refractivity contribution in [3.05, 3.63) is 53.2 Å². The highest BCUT2D eigenvalue weighted by Crippen LogP contribution is 2.22. The molecule has 2 N–H and O–H groups in total. The largest absolute Gasteiger partial charge is 0.478 e. The standard InChI is InChI=1S/C13H10F2N2O2/c1-7-4-10(15)11(5-9(7)14)17-12-3-2-8(6-16-12)13(18)19/h2-6H,1H3,(H,16,17)(H,18,19). The highest BCUT2D eigenvalue weighted by Gasteiger charge is 2.09. The molecule has 19 heavy (non-hydrogen) atoms. The molecule has 4 nitrogen and oxygen atoms in total. The van der Waals surface area contributed by atoms with Crippen LogP contribution in [-0.2, 0) is 0 Å². The Hall–Kier alpha value is -2.50. The normalized spacial score (nSPS) is 10.3. The van der Waals surface area contributed by atoms with Crippen molar-refractivity contribution in [2.75, 3.05) is 5.32 Å². The summed E-state index contributed by atoms with van der Waals surface area (Å²) in [5.41, 5.74) is 0.164. The summed E-state index contributed by atoms with van der Waals surface area (Å²) < 4.78 is 26.9. The number of aromatic nitrogens is 1. The van der Waals surface area contributed by atoms with Crippen LogP contribution in [-0.4, -0.2) is 16.1 Å². The first-order chi connectivity index (χ1) is 8.97. The van der Waals surface area contributed by atoms with Crippen LogP contribution in [0.25, 0.3) is 0 Å². The Morgan fingerprint density at radius 3 is 2.58 bits per heavy atom. The Bertz CT molecular complexity index is 627. The van der Waals surface area contributed by atoms with E-state index in [0.717, 1.165) is 18.3 Å². The van der Waals surface area contributed by atoms with E-state index in [1.807, 2.05) is 0 Å². The Morgan fingerprint density at radius 2 is 2.00 bits per heavy atom. The van der Waals surface area contributed by atoms with E-state index in [0.29, 0.717) is 0 Å². The van der Waals surface area contributed by atoms with Crippen LogP contribution >= 0.6 is 0 Å². The molecule has 0 amide bonds. The molecule has 0 aliphatic heterocycles. The molecule has 0 saturated carbocycles. The third kappa shape index (κ3) is 2.85. The van der Waals surface area contributed by atoms with Crippen LogP contribution in [0.4, 0.5) is 20.3 Å². The molecule has 0 saturated heterocycles. The summed E-state index contributed by atoms with van der Waals surface area (Å²) in [5, 5.41) is 11.3. The third-order valence-electron chi connectivity index (χ3n) is 2.52. The number of hydrogen-bond acceptors (Lipinski definition) is 3. The number of carbonyl (C=O) groups is 1. The predicted molar refractivity (Wildman–Crippen MR) is 65.6 cm³/mol.